The molecule has 296 valence electrons. The van der Waals surface area contributed by atoms with Gasteiger partial charge in [0.05, 0.1) is 25.4 Å². The number of rotatable bonds is 34. The Balaban J connectivity index is 2.38. The summed E-state index contributed by atoms with van der Waals surface area (Å²) in [6.45, 7) is 3.75. The number of carbonyl (C=O) groups excluding carboxylic acids is 1. The van der Waals surface area contributed by atoms with Gasteiger partial charge in [0.2, 0.25) is 5.91 Å². The standard InChI is InChI=1S/C41H79NO8/c1-3-5-7-9-11-13-15-16-17-18-19-21-23-25-27-29-31-37(45)42-34(33-49-41-40(48)39(47)38(46)36(32-43)50-41)35(44)30-28-26-24-22-20-14-12-10-8-6-4-2/h28,30,34-36,38-41,43-44,46-48H,3-27,29,31-33H2,1-2H3,(H,42,45)/b30-28+/t34-,35+,36-,38-,39?,40?,41-/m0/s1. The van der Waals surface area contributed by atoms with Crippen LogP contribution in [-0.4, -0.2) is 87.5 Å². The number of allylic oxidation sites excluding steroid dienone is 1. The monoisotopic (exact) mass is 714 g/mol. The van der Waals surface area contributed by atoms with E-state index in [1.807, 2.05) is 6.08 Å². The summed E-state index contributed by atoms with van der Waals surface area (Å²) in [6.07, 6.45) is 28.2. The first kappa shape index (κ1) is 47.0. The van der Waals surface area contributed by atoms with Crippen LogP contribution in [0.2, 0.25) is 0 Å². The first-order valence-corrected chi connectivity index (χ1v) is 20.9. The fourth-order valence-electron chi connectivity index (χ4n) is 6.68. The van der Waals surface area contributed by atoms with Gasteiger partial charge in [-0.1, -0.05) is 174 Å². The van der Waals surface area contributed by atoms with E-state index in [1.54, 1.807) is 6.08 Å². The van der Waals surface area contributed by atoms with E-state index in [-0.39, 0.29) is 12.5 Å². The lowest BCUT2D eigenvalue weighted by molar-refractivity contribution is -0.302. The van der Waals surface area contributed by atoms with Crippen LogP contribution in [0.15, 0.2) is 12.2 Å². The maximum atomic E-state index is 12.9. The minimum atomic E-state index is -1.56. The molecule has 9 nitrogen and oxygen atoms in total. The Hall–Kier alpha value is -1.07. The Morgan fingerprint density at radius 2 is 1.10 bits per heavy atom. The molecule has 1 heterocycles. The van der Waals surface area contributed by atoms with Crippen molar-refractivity contribution in [3.8, 4) is 0 Å². The van der Waals surface area contributed by atoms with Gasteiger partial charge in [-0.25, -0.2) is 0 Å². The summed E-state index contributed by atoms with van der Waals surface area (Å²) in [5.74, 6) is -0.177. The second kappa shape index (κ2) is 32.6. The number of amides is 1. The predicted molar refractivity (Wildman–Crippen MR) is 203 cm³/mol. The fraction of sp³-hybridized carbons (Fsp3) is 0.927. The molecule has 1 rings (SSSR count). The molecule has 1 aliphatic heterocycles. The van der Waals surface area contributed by atoms with Crippen LogP contribution in [-0.2, 0) is 14.3 Å². The van der Waals surface area contributed by atoms with E-state index in [0.717, 1.165) is 38.5 Å². The molecule has 6 N–H and O–H groups in total. The normalized spacial score (nSPS) is 22.3. The first-order valence-electron chi connectivity index (χ1n) is 20.9. The highest BCUT2D eigenvalue weighted by atomic mass is 16.7. The van der Waals surface area contributed by atoms with Gasteiger partial charge in [-0.05, 0) is 19.3 Å². The SMILES string of the molecule is CCCCCCCCCCC/C=C/[C@@H](O)[C@H](CO[C@H]1O[C@@H](CO)[C@H](O)C(O)C1O)NC(=O)CCCCCCCCCCCCCCCCCC. The Morgan fingerprint density at radius 1 is 0.660 bits per heavy atom. The zero-order chi connectivity index (χ0) is 36.7. The minimum Gasteiger partial charge on any atom is -0.394 e. The highest BCUT2D eigenvalue weighted by Crippen LogP contribution is 2.22. The molecule has 0 bridgehead atoms. The molecule has 1 saturated heterocycles. The number of unbranched alkanes of at least 4 members (excludes halogenated alkanes) is 24. The molecular formula is C41H79NO8. The van der Waals surface area contributed by atoms with Crippen LogP contribution in [0.1, 0.15) is 187 Å². The molecule has 0 spiro atoms. The molecule has 1 fully saturated rings. The third-order valence-electron chi connectivity index (χ3n) is 10.1. The average molecular weight is 714 g/mol. The van der Waals surface area contributed by atoms with E-state index >= 15 is 0 Å². The zero-order valence-corrected chi connectivity index (χ0v) is 32.2. The topological polar surface area (TPSA) is 149 Å². The van der Waals surface area contributed by atoms with Crippen molar-refractivity contribution in [2.45, 2.75) is 230 Å². The predicted octanol–water partition coefficient (Wildman–Crippen LogP) is 7.78. The number of nitrogens with one attached hydrogen (secondary N) is 1. The Labute approximate surface area is 306 Å². The van der Waals surface area contributed by atoms with Crippen molar-refractivity contribution in [3.63, 3.8) is 0 Å². The van der Waals surface area contributed by atoms with Gasteiger partial charge in [0.15, 0.2) is 6.29 Å². The number of ether oxygens (including phenoxy) is 2. The second-order valence-corrected chi connectivity index (χ2v) is 14.8. The Morgan fingerprint density at radius 3 is 1.56 bits per heavy atom. The van der Waals surface area contributed by atoms with Crippen LogP contribution in [0.4, 0.5) is 0 Å². The minimum absolute atomic E-state index is 0.177. The molecular weight excluding hydrogens is 634 g/mol. The lowest BCUT2D eigenvalue weighted by Gasteiger charge is -2.40. The summed E-state index contributed by atoms with van der Waals surface area (Å²) in [5, 5.41) is 54.0. The molecule has 1 amide bonds. The Kier molecular flexibility index (Phi) is 30.6. The van der Waals surface area contributed by atoms with E-state index in [4.69, 9.17) is 9.47 Å². The van der Waals surface area contributed by atoms with E-state index in [1.165, 1.54) is 128 Å². The second-order valence-electron chi connectivity index (χ2n) is 14.8. The van der Waals surface area contributed by atoms with Gasteiger partial charge in [-0.15, -0.1) is 0 Å². The van der Waals surface area contributed by atoms with Crippen LogP contribution in [0, 0.1) is 0 Å². The van der Waals surface area contributed by atoms with Gasteiger partial charge in [-0.2, -0.15) is 0 Å². The van der Waals surface area contributed by atoms with Crippen molar-refractivity contribution >= 4 is 5.91 Å². The number of carbonyl (C=O) groups is 1. The third kappa shape index (κ3) is 23.5. The average Bonchev–Trinajstić information content (AvgIpc) is 3.11. The van der Waals surface area contributed by atoms with Crippen molar-refractivity contribution in [2.75, 3.05) is 13.2 Å². The van der Waals surface area contributed by atoms with Gasteiger partial charge in [0, 0.05) is 6.42 Å². The van der Waals surface area contributed by atoms with E-state index in [0.29, 0.717) is 6.42 Å². The maximum absolute atomic E-state index is 12.9. The summed E-state index contributed by atoms with van der Waals surface area (Å²) in [4.78, 5) is 12.9. The molecule has 9 heteroatoms. The lowest BCUT2D eigenvalue weighted by Crippen LogP contribution is -2.60. The Bertz CT molecular complexity index is 797. The highest BCUT2D eigenvalue weighted by Gasteiger charge is 2.44. The van der Waals surface area contributed by atoms with Crippen LogP contribution >= 0.6 is 0 Å². The van der Waals surface area contributed by atoms with Crippen LogP contribution in [0.25, 0.3) is 0 Å². The number of aliphatic hydroxyl groups excluding tert-OH is 5. The van der Waals surface area contributed by atoms with E-state index in [2.05, 4.69) is 19.2 Å². The van der Waals surface area contributed by atoms with Gasteiger partial charge in [-0.3, -0.25) is 4.79 Å². The molecule has 0 radical (unpaired) electrons. The largest absolute Gasteiger partial charge is 0.394 e. The van der Waals surface area contributed by atoms with Gasteiger partial charge < -0.3 is 40.3 Å². The van der Waals surface area contributed by atoms with Gasteiger partial charge >= 0.3 is 0 Å². The maximum Gasteiger partial charge on any atom is 0.220 e. The van der Waals surface area contributed by atoms with Gasteiger partial charge in [0.25, 0.3) is 0 Å². The summed E-state index contributed by atoms with van der Waals surface area (Å²) in [6, 6.07) is -0.796. The van der Waals surface area contributed by atoms with Crippen molar-refractivity contribution in [1.29, 1.82) is 0 Å². The van der Waals surface area contributed by atoms with Crippen LogP contribution in [0.3, 0.4) is 0 Å². The summed E-state index contributed by atoms with van der Waals surface area (Å²) >= 11 is 0. The third-order valence-corrected chi connectivity index (χ3v) is 10.1. The molecule has 0 aromatic heterocycles. The number of hydrogen-bond donors (Lipinski definition) is 6. The van der Waals surface area contributed by atoms with Crippen molar-refractivity contribution < 1.29 is 39.8 Å². The molecule has 50 heavy (non-hydrogen) atoms. The smallest absolute Gasteiger partial charge is 0.220 e. The molecule has 0 saturated carbocycles. The summed E-state index contributed by atoms with van der Waals surface area (Å²) < 4.78 is 11.2. The lowest BCUT2D eigenvalue weighted by atomic mass is 9.99. The van der Waals surface area contributed by atoms with Crippen molar-refractivity contribution in [2.24, 2.45) is 0 Å². The van der Waals surface area contributed by atoms with E-state index < -0.39 is 49.5 Å². The zero-order valence-electron chi connectivity index (χ0n) is 32.2. The van der Waals surface area contributed by atoms with Gasteiger partial charge in [0.1, 0.15) is 24.4 Å². The fourth-order valence-corrected chi connectivity index (χ4v) is 6.68. The molecule has 1 aliphatic rings. The first-order chi connectivity index (χ1) is 24.3. The molecule has 0 aromatic rings. The quantitative estimate of drug-likeness (QED) is 0.0293. The molecule has 2 unspecified atom stereocenters. The van der Waals surface area contributed by atoms with Crippen molar-refractivity contribution in [3.05, 3.63) is 12.2 Å². The van der Waals surface area contributed by atoms with E-state index in [9.17, 15) is 30.3 Å². The van der Waals surface area contributed by atoms with Crippen LogP contribution < -0.4 is 5.32 Å². The summed E-state index contributed by atoms with van der Waals surface area (Å²) in [7, 11) is 0. The highest BCUT2D eigenvalue weighted by molar-refractivity contribution is 5.76. The molecule has 0 aromatic carbocycles. The molecule has 7 atom stereocenters. The number of hydrogen-bond acceptors (Lipinski definition) is 8. The molecule has 0 aliphatic carbocycles. The summed E-state index contributed by atoms with van der Waals surface area (Å²) in [5.41, 5.74) is 0. The van der Waals surface area contributed by atoms with Crippen LogP contribution in [0.5, 0.6) is 0 Å². The van der Waals surface area contributed by atoms with Crippen molar-refractivity contribution in [1.82, 2.24) is 5.32 Å². The number of aliphatic hydroxyl groups is 5.